The Morgan fingerprint density at radius 1 is 0.783 bits per heavy atom. The Kier molecular flexibility index (Phi) is 11.1. The van der Waals surface area contributed by atoms with Crippen LogP contribution in [0.15, 0.2) is 10.2 Å². The average Bonchev–Trinajstić information content (AvgIpc) is 2.92. The smallest absolute Gasteiger partial charge is 0.0597 e. The number of nitrogens with zero attached hydrogens (tertiary/aromatic N) is 7. The quantitative estimate of drug-likeness (QED) is 0.188. The summed E-state index contributed by atoms with van der Waals surface area (Å²) in [5.74, 6) is 0. The normalized spacial score (nSPS) is 20.9. The van der Waals surface area contributed by atoms with Gasteiger partial charge >= 0.3 is 0 Å². The van der Waals surface area contributed by atoms with Crippen LogP contribution in [0.3, 0.4) is 0 Å². The first-order valence-corrected chi connectivity index (χ1v) is 9.12. The second kappa shape index (κ2) is 13.1. The number of hydrogen-bond acceptors (Lipinski definition) is 3. The fourth-order valence-electron chi connectivity index (χ4n) is 3.21. The Hall–Kier alpha value is -1.42. The van der Waals surface area contributed by atoms with E-state index in [1.54, 1.807) is 0 Å². The molecule has 0 saturated carbocycles. The molecule has 7 nitrogen and oxygen atoms in total. The molecule has 0 amide bonds. The molecule has 1 aliphatic heterocycles. The lowest BCUT2D eigenvalue weighted by Crippen LogP contribution is -2.22. The molecule has 0 N–H and O–H groups in total. The van der Waals surface area contributed by atoms with E-state index >= 15 is 0 Å². The topological polar surface area (TPSA) is 101 Å². The average molecular weight is 321 g/mol. The minimum atomic E-state index is -0.209. The van der Waals surface area contributed by atoms with Gasteiger partial charge in [-0.15, -0.1) is 0 Å². The van der Waals surface area contributed by atoms with Crippen LogP contribution in [-0.4, -0.2) is 36.6 Å². The highest BCUT2D eigenvalue weighted by atomic mass is 15.3. The van der Waals surface area contributed by atoms with Crippen LogP contribution < -0.4 is 0 Å². The third-order valence-corrected chi connectivity index (χ3v) is 4.56. The summed E-state index contributed by atoms with van der Waals surface area (Å²) in [6.07, 6.45) is 13.3. The molecule has 2 atom stereocenters. The van der Waals surface area contributed by atoms with E-state index in [9.17, 15) is 0 Å². The Morgan fingerprint density at radius 3 is 1.65 bits per heavy atom. The first-order chi connectivity index (χ1) is 11.3. The third-order valence-electron chi connectivity index (χ3n) is 4.56. The Labute approximate surface area is 139 Å². The predicted molar refractivity (Wildman–Crippen MR) is 94.2 cm³/mol. The molecular formula is C16H31N7. The van der Waals surface area contributed by atoms with E-state index in [0.29, 0.717) is 13.1 Å². The summed E-state index contributed by atoms with van der Waals surface area (Å²) in [7, 11) is 0. The van der Waals surface area contributed by atoms with Gasteiger partial charge in [0.15, 0.2) is 0 Å². The zero-order valence-electron chi connectivity index (χ0n) is 14.5. The molecular weight excluding hydrogens is 290 g/mol. The van der Waals surface area contributed by atoms with E-state index in [0.717, 1.165) is 6.54 Å². The summed E-state index contributed by atoms with van der Waals surface area (Å²) in [5, 5.41) is 7.49. The van der Waals surface area contributed by atoms with Crippen LogP contribution in [0.25, 0.3) is 20.9 Å². The van der Waals surface area contributed by atoms with Gasteiger partial charge in [0, 0.05) is 22.9 Å². The molecule has 0 aromatic rings. The van der Waals surface area contributed by atoms with E-state index in [1.165, 1.54) is 64.2 Å². The SMILES string of the molecule is CCCCCCCCCCCCN1C[C@@H](N=[N+]=[N-])[C@H](N=[N+]=[N-])C1. The summed E-state index contributed by atoms with van der Waals surface area (Å²) in [4.78, 5) is 7.97. The number of unbranched alkanes of at least 4 members (excludes halogenated alkanes) is 9. The van der Waals surface area contributed by atoms with Gasteiger partial charge in [0.1, 0.15) is 0 Å². The largest absolute Gasteiger partial charge is 0.302 e. The highest BCUT2D eigenvalue weighted by Gasteiger charge is 2.30. The second-order valence-electron chi connectivity index (χ2n) is 6.49. The molecule has 23 heavy (non-hydrogen) atoms. The minimum absolute atomic E-state index is 0.209. The lowest BCUT2D eigenvalue weighted by atomic mass is 10.1. The van der Waals surface area contributed by atoms with Gasteiger partial charge in [-0.25, -0.2) is 0 Å². The van der Waals surface area contributed by atoms with Crippen molar-refractivity contribution in [2.75, 3.05) is 19.6 Å². The van der Waals surface area contributed by atoms with Gasteiger partial charge in [-0.3, -0.25) is 0 Å². The van der Waals surface area contributed by atoms with E-state index < -0.39 is 0 Å². The van der Waals surface area contributed by atoms with Crippen LogP contribution in [0.5, 0.6) is 0 Å². The van der Waals surface area contributed by atoms with Gasteiger partial charge in [-0.1, -0.05) is 74.9 Å². The summed E-state index contributed by atoms with van der Waals surface area (Å²) in [5.41, 5.74) is 17.1. The van der Waals surface area contributed by atoms with Crippen molar-refractivity contribution in [3.63, 3.8) is 0 Å². The van der Waals surface area contributed by atoms with Gasteiger partial charge in [0.2, 0.25) is 0 Å². The molecule has 0 aliphatic carbocycles. The molecule has 0 bridgehead atoms. The Morgan fingerprint density at radius 2 is 1.22 bits per heavy atom. The van der Waals surface area contributed by atoms with Crippen LogP contribution in [0.1, 0.15) is 71.1 Å². The van der Waals surface area contributed by atoms with Crippen molar-refractivity contribution in [2.24, 2.45) is 10.2 Å². The maximum absolute atomic E-state index is 8.57. The number of rotatable bonds is 13. The second-order valence-corrected chi connectivity index (χ2v) is 6.49. The van der Waals surface area contributed by atoms with E-state index in [2.05, 4.69) is 31.9 Å². The third kappa shape index (κ3) is 8.70. The van der Waals surface area contributed by atoms with Crippen LogP contribution in [0.2, 0.25) is 0 Å². The van der Waals surface area contributed by atoms with Crippen molar-refractivity contribution >= 4 is 0 Å². The number of azide groups is 2. The first-order valence-electron chi connectivity index (χ1n) is 9.12. The molecule has 0 aromatic heterocycles. The minimum Gasteiger partial charge on any atom is -0.302 e. The van der Waals surface area contributed by atoms with E-state index in [-0.39, 0.29) is 12.1 Å². The summed E-state index contributed by atoms with van der Waals surface area (Å²) in [6, 6.07) is -0.418. The molecule has 0 spiro atoms. The van der Waals surface area contributed by atoms with Gasteiger partial charge in [-0.2, -0.15) is 0 Å². The molecule has 1 saturated heterocycles. The van der Waals surface area contributed by atoms with Crippen LogP contribution >= 0.6 is 0 Å². The van der Waals surface area contributed by atoms with Crippen LogP contribution in [0.4, 0.5) is 0 Å². The van der Waals surface area contributed by atoms with Gasteiger partial charge in [-0.05, 0) is 24.0 Å². The zero-order valence-corrected chi connectivity index (χ0v) is 14.5. The molecule has 1 aliphatic rings. The molecule has 1 heterocycles. The maximum atomic E-state index is 8.57. The lowest BCUT2D eigenvalue weighted by Gasteiger charge is -2.14. The van der Waals surface area contributed by atoms with Crippen LogP contribution in [0, 0.1) is 0 Å². The van der Waals surface area contributed by atoms with Gasteiger partial charge < -0.3 is 4.90 Å². The fraction of sp³-hybridized carbons (Fsp3) is 1.00. The van der Waals surface area contributed by atoms with E-state index in [4.69, 9.17) is 11.1 Å². The molecule has 1 fully saturated rings. The van der Waals surface area contributed by atoms with Crippen molar-refractivity contribution in [1.29, 1.82) is 0 Å². The van der Waals surface area contributed by atoms with Crippen molar-refractivity contribution in [3.05, 3.63) is 20.9 Å². The first kappa shape index (κ1) is 19.6. The molecule has 0 radical (unpaired) electrons. The standard InChI is InChI=1S/C16H31N7/c1-2-3-4-5-6-7-8-9-10-11-12-23-13-15(19-21-17)16(14-23)20-22-18/h15-16H,2-14H2,1H3/t15-,16-/m1/s1. The molecule has 0 aromatic carbocycles. The van der Waals surface area contributed by atoms with Crippen molar-refractivity contribution in [1.82, 2.24) is 4.90 Å². The van der Waals surface area contributed by atoms with E-state index in [1.807, 2.05) is 0 Å². The summed E-state index contributed by atoms with van der Waals surface area (Å²) < 4.78 is 0. The highest BCUT2D eigenvalue weighted by molar-refractivity contribution is 4.94. The molecule has 130 valence electrons. The fourth-order valence-corrected chi connectivity index (χ4v) is 3.21. The van der Waals surface area contributed by atoms with Gasteiger partial charge in [0.05, 0.1) is 12.1 Å². The maximum Gasteiger partial charge on any atom is 0.0597 e. The molecule has 7 heteroatoms. The Bertz CT molecular complexity index is 373. The number of likely N-dealkylation sites (tertiary alicyclic amines) is 1. The monoisotopic (exact) mass is 321 g/mol. The molecule has 1 rings (SSSR count). The Balaban J connectivity index is 2.03. The number of hydrogen-bond donors (Lipinski definition) is 0. The summed E-state index contributed by atoms with van der Waals surface area (Å²) in [6.45, 7) is 4.69. The summed E-state index contributed by atoms with van der Waals surface area (Å²) >= 11 is 0. The van der Waals surface area contributed by atoms with Crippen LogP contribution in [-0.2, 0) is 0 Å². The van der Waals surface area contributed by atoms with Crippen molar-refractivity contribution in [2.45, 2.75) is 83.2 Å². The predicted octanol–water partition coefficient (Wildman–Crippen LogP) is 5.58. The highest BCUT2D eigenvalue weighted by Crippen LogP contribution is 2.18. The molecule has 0 unspecified atom stereocenters. The zero-order chi connectivity index (χ0) is 16.8. The van der Waals surface area contributed by atoms with Crippen molar-refractivity contribution in [3.8, 4) is 0 Å². The lowest BCUT2D eigenvalue weighted by molar-refractivity contribution is 0.320. The van der Waals surface area contributed by atoms with Gasteiger partial charge in [0.25, 0.3) is 0 Å². The van der Waals surface area contributed by atoms with Crippen molar-refractivity contribution < 1.29 is 0 Å².